The number of rotatable bonds is 0. The van der Waals surface area contributed by atoms with Crippen molar-refractivity contribution in [3.63, 3.8) is 0 Å². The number of nitrogens with zero attached hydrogens (tertiary/aromatic N) is 1. The van der Waals surface area contributed by atoms with Gasteiger partial charge in [-0.1, -0.05) is 6.07 Å². The van der Waals surface area contributed by atoms with Crippen LogP contribution in [0.5, 0.6) is 0 Å². The largest absolute Gasteiger partial charge is 0.453 e. The van der Waals surface area contributed by atoms with Gasteiger partial charge in [-0.2, -0.15) is 0 Å². The highest BCUT2D eigenvalue weighted by Crippen LogP contribution is 2.24. The van der Waals surface area contributed by atoms with Gasteiger partial charge in [-0.05, 0) is 43.2 Å². The zero-order chi connectivity index (χ0) is 12.0. The maximum absolute atomic E-state index is 11.5. The van der Waals surface area contributed by atoms with Crippen LogP contribution in [-0.2, 0) is 0 Å². The van der Waals surface area contributed by atoms with Crippen molar-refractivity contribution in [3.05, 3.63) is 51.7 Å². The van der Waals surface area contributed by atoms with Gasteiger partial charge in [-0.15, -0.1) is 0 Å². The molecule has 0 N–H and O–H groups in total. The highest BCUT2D eigenvalue weighted by atomic mass is 16.3. The Morgan fingerprint density at radius 2 is 1.94 bits per heavy atom. The molecule has 3 heteroatoms. The van der Waals surface area contributed by atoms with Crippen LogP contribution in [0.15, 0.2) is 39.5 Å². The Morgan fingerprint density at radius 1 is 1.12 bits per heavy atom. The quantitative estimate of drug-likeness (QED) is 0.552. The van der Waals surface area contributed by atoms with E-state index in [1.807, 2.05) is 25.1 Å². The first-order valence-corrected chi connectivity index (χ1v) is 5.45. The maximum Gasteiger partial charge on any atom is 0.185 e. The molecule has 0 atom stereocenters. The van der Waals surface area contributed by atoms with Crippen LogP contribution >= 0.6 is 0 Å². The summed E-state index contributed by atoms with van der Waals surface area (Å²) in [4.78, 5) is 16.0. The summed E-state index contributed by atoms with van der Waals surface area (Å²) in [5.41, 5.74) is 4.01. The molecule has 0 saturated heterocycles. The monoisotopic (exact) mass is 225 g/mol. The van der Waals surface area contributed by atoms with Crippen molar-refractivity contribution in [2.45, 2.75) is 13.8 Å². The molecule has 1 aliphatic carbocycles. The average molecular weight is 225 g/mol. The van der Waals surface area contributed by atoms with E-state index in [-0.39, 0.29) is 5.43 Å². The van der Waals surface area contributed by atoms with Crippen molar-refractivity contribution in [1.29, 1.82) is 0 Å². The predicted molar refractivity (Wildman–Crippen MR) is 66.4 cm³/mol. The highest BCUT2D eigenvalue weighted by Gasteiger charge is 2.10. The molecule has 17 heavy (non-hydrogen) atoms. The van der Waals surface area contributed by atoms with Crippen LogP contribution in [0.3, 0.4) is 0 Å². The van der Waals surface area contributed by atoms with Crippen LogP contribution in [0.2, 0.25) is 0 Å². The van der Waals surface area contributed by atoms with Crippen LogP contribution in [0.25, 0.3) is 22.6 Å². The van der Waals surface area contributed by atoms with E-state index in [4.69, 9.17) is 4.42 Å². The Bertz CT molecular complexity index is 743. The first kappa shape index (κ1) is 10.0. The van der Waals surface area contributed by atoms with Crippen molar-refractivity contribution in [3.8, 4) is 11.5 Å². The van der Waals surface area contributed by atoms with Gasteiger partial charge in [-0.25, -0.2) is 4.98 Å². The molecule has 3 rings (SSSR count). The van der Waals surface area contributed by atoms with Gasteiger partial charge in [0.05, 0.1) is 0 Å². The summed E-state index contributed by atoms with van der Waals surface area (Å²) in [5.74, 6) is 0.540. The molecule has 3 nitrogen and oxygen atoms in total. The van der Waals surface area contributed by atoms with Gasteiger partial charge in [-0.3, -0.25) is 4.79 Å². The zero-order valence-electron chi connectivity index (χ0n) is 9.65. The highest BCUT2D eigenvalue weighted by molar-refractivity contribution is 5.76. The number of fused-ring (bicyclic) bond motifs is 2. The molecule has 84 valence electrons. The maximum atomic E-state index is 11.5. The molecular formula is C14H11NO2. The van der Waals surface area contributed by atoms with Crippen molar-refractivity contribution in [1.82, 2.24) is 4.98 Å². The van der Waals surface area contributed by atoms with E-state index in [9.17, 15) is 4.79 Å². The molecule has 0 unspecified atom stereocenters. The summed E-state index contributed by atoms with van der Waals surface area (Å²) in [7, 11) is 0. The fourth-order valence-electron chi connectivity index (χ4n) is 1.87. The predicted octanol–water partition coefficient (Wildman–Crippen LogP) is 2.91. The first-order chi connectivity index (χ1) is 8.13. The molecule has 0 amide bonds. The fraction of sp³-hybridized carbons (Fsp3) is 0.143. The van der Waals surface area contributed by atoms with E-state index in [2.05, 4.69) is 4.98 Å². The summed E-state index contributed by atoms with van der Waals surface area (Å²) in [5, 5.41) is 0. The normalized spacial score (nSPS) is 11.2. The third kappa shape index (κ3) is 1.60. The molecule has 0 fully saturated rings. The van der Waals surface area contributed by atoms with Crippen molar-refractivity contribution in [2.75, 3.05) is 0 Å². The topological polar surface area (TPSA) is 43.1 Å². The van der Waals surface area contributed by atoms with E-state index in [1.54, 1.807) is 13.0 Å². The summed E-state index contributed by atoms with van der Waals surface area (Å²) in [6.07, 6.45) is 0. The van der Waals surface area contributed by atoms with Gasteiger partial charge in [0.15, 0.2) is 16.8 Å². The molecule has 1 heterocycles. The van der Waals surface area contributed by atoms with Crippen LogP contribution < -0.4 is 5.43 Å². The SMILES string of the molecule is Cc1ccc2nc3cc(C)c(=O)cc-3oc2c1. The number of aromatic nitrogens is 1. The second-order valence-electron chi connectivity index (χ2n) is 4.27. The Balaban J connectivity index is 2.45. The van der Waals surface area contributed by atoms with Gasteiger partial charge in [0.25, 0.3) is 0 Å². The summed E-state index contributed by atoms with van der Waals surface area (Å²) in [6, 6.07) is 9.10. The van der Waals surface area contributed by atoms with Crippen LogP contribution in [-0.4, -0.2) is 4.98 Å². The second kappa shape index (κ2) is 3.42. The smallest absolute Gasteiger partial charge is 0.185 e. The van der Waals surface area contributed by atoms with E-state index in [0.717, 1.165) is 16.8 Å². The third-order valence-corrected chi connectivity index (χ3v) is 2.83. The van der Waals surface area contributed by atoms with Crippen molar-refractivity contribution in [2.24, 2.45) is 0 Å². The third-order valence-electron chi connectivity index (χ3n) is 2.83. The van der Waals surface area contributed by atoms with Crippen LogP contribution in [0.4, 0.5) is 0 Å². The Labute approximate surface area is 98.1 Å². The fourth-order valence-corrected chi connectivity index (χ4v) is 1.87. The molecule has 0 aromatic heterocycles. The lowest BCUT2D eigenvalue weighted by Gasteiger charge is -2.06. The van der Waals surface area contributed by atoms with Gasteiger partial charge in [0.1, 0.15) is 11.2 Å². The number of hydrogen-bond acceptors (Lipinski definition) is 3. The molecule has 1 aromatic rings. The summed E-state index contributed by atoms with van der Waals surface area (Å²) < 4.78 is 5.70. The molecule has 0 bridgehead atoms. The number of hydrogen-bond donors (Lipinski definition) is 0. The lowest BCUT2D eigenvalue weighted by molar-refractivity contribution is 0.612. The second-order valence-corrected chi connectivity index (χ2v) is 4.27. The van der Waals surface area contributed by atoms with Crippen LogP contribution in [0, 0.1) is 13.8 Å². The Morgan fingerprint density at radius 3 is 2.76 bits per heavy atom. The molecule has 1 aliphatic heterocycles. The standard InChI is InChI=1S/C14H11NO2/c1-8-3-4-10-13(5-8)17-14-7-12(16)9(2)6-11(14)15-10/h3-7H,1-2H3. The van der Waals surface area contributed by atoms with Gasteiger partial charge >= 0.3 is 0 Å². The van der Waals surface area contributed by atoms with Crippen molar-refractivity contribution < 1.29 is 4.42 Å². The number of aryl methyl sites for hydroxylation is 2. The van der Waals surface area contributed by atoms with Crippen LogP contribution in [0.1, 0.15) is 11.1 Å². The van der Waals surface area contributed by atoms with Gasteiger partial charge in [0.2, 0.25) is 0 Å². The minimum atomic E-state index is -0.0185. The molecule has 0 spiro atoms. The minimum Gasteiger partial charge on any atom is -0.453 e. The first-order valence-electron chi connectivity index (χ1n) is 5.45. The van der Waals surface area contributed by atoms with E-state index >= 15 is 0 Å². The lowest BCUT2D eigenvalue weighted by Crippen LogP contribution is -2.05. The zero-order valence-corrected chi connectivity index (χ0v) is 9.65. The Kier molecular flexibility index (Phi) is 2.01. The Hall–Kier alpha value is -2.16. The molecule has 0 saturated carbocycles. The summed E-state index contributed by atoms with van der Waals surface area (Å²) >= 11 is 0. The van der Waals surface area contributed by atoms with Crippen molar-refractivity contribution >= 4 is 11.1 Å². The molecule has 2 aliphatic rings. The van der Waals surface area contributed by atoms with E-state index in [0.29, 0.717) is 16.9 Å². The van der Waals surface area contributed by atoms with Gasteiger partial charge in [0, 0.05) is 6.07 Å². The number of benzene rings is 2. The molecule has 0 radical (unpaired) electrons. The van der Waals surface area contributed by atoms with E-state index in [1.165, 1.54) is 6.07 Å². The average Bonchev–Trinajstić information content (AvgIpc) is 2.28. The summed E-state index contributed by atoms with van der Waals surface area (Å²) in [6.45, 7) is 3.77. The molecular weight excluding hydrogens is 214 g/mol. The lowest BCUT2D eigenvalue weighted by atomic mass is 10.1. The molecule has 1 aromatic carbocycles. The minimum absolute atomic E-state index is 0.0185. The van der Waals surface area contributed by atoms with Gasteiger partial charge < -0.3 is 4.42 Å². The van der Waals surface area contributed by atoms with E-state index < -0.39 is 0 Å².